The van der Waals surface area contributed by atoms with E-state index >= 15 is 0 Å². The number of rotatable bonds is 6. The summed E-state index contributed by atoms with van der Waals surface area (Å²) >= 11 is 1.65. The second-order valence-corrected chi connectivity index (χ2v) is 5.64. The summed E-state index contributed by atoms with van der Waals surface area (Å²) in [5.41, 5.74) is 0.433. The Hall–Kier alpha value is -1.53. The maximum absolute atomic E-state index is 12.2. The van der Waals surface area contributed by atoms with Gasteiger partial charge >= 0.3 is 6.36 Å². The SMILES string of the molecule is OC(CCCc1cccs1)c1cccc(OC(F)(F)F)c1. The lowest BCUT2D eigenvalue weighted by atomic mass is 10.0. The first-order valence-electron chi connectivity index (χ1n) is 6.50. The maximum atomic E-state index is 12.2. The first-order valence-corrected chi connectivity index (χ1v) is 7.38. The Morgan fingerprint density at radius 3 is 2.67 bits per heavy atom. The lowest BCUT2D eigenvalue weighted by Crippen LogP contribution is -2.17. The molecule has 0 aliphatic heterocycles. The van der Waals surface area contributed by atoms with Gasteiger partial charge in [0.15, 0.2) is 0 Å². The summed E-state index contributed by atoms with van der Waals surface area (Å²) in [6.45, 7) is 0. The number of benzene rings is 1. The molecule has 0 aliphatic rings. The summed E-state index contributed by atoms with van der Waals surface area (Å²) < 4.78 is 40.3. The van der Waals surface area contributed by atoms with Gasteiger partial charge in [0.25, 0.3) is 0 Å². The van der Waals surface area contributed by atoms with E-state index in [1.54, 1.807) is 17.4 Å². The highest BCUT2D eigenvalue weighted by atomic mass is 32.1. The lowest BCUT2D eigenvalue weighted by molar-refractivity contribution is -0.274. The fraction of sp³-hybridized carbons (Fsp3) is 0.333. The largest absolute Gasteiger partial charge is 0.573 e. The number of hydrogen-bond donors (Lipinski definition) is 1. The van der Waals surface area contributed by atoms with E-state index in [4.69, 9.17) is 0 Å². The van der Waals surface area contributed by atoms with Gasteiger partial charge in [-0.25, -0.2) is 0 Å². The van der Waals surface area contributed by atoms with E-state index in [-0.39, 0.29) is 5.75 Å². The Balaban J connectivity index is 1.89. The molecule has 2 aromatic rings. The van der Waals surface area contributed by atoms with Crippen LogP contribution in [0.25, 0.3) is 0 Å². The van der Waals surface area contributed by atoms with Crippen molar-refractivity contribution in [2.24, 2.45) is 0 Å². The van der Waals surface area contributed by atoms with Crippen molar-refractivity contribution in [3.63, 3.8) is 0 Å². The minimum absolute atomic E-state index is 0.308. The molecule has 0 fully saturated rings. The normalized spacial score (nSPS) is 13.1. The Labute approximate surface area is 124 Å². The van der Waals surface area contributed by atoms with E-state index in [1.807, 2.05) is 17.5 Å². The molecule has 0 amide bonds. The van der Waals surface area contributed by atoms with Gasteiger partial charge < -0.3 is 9.84 Å². The molecule has 21 heavy (non-hydrogen) atoms. The van der Waals surface area contributed by atoms with Crippen LogP contribution in [0, 0.1) is 0 Å². The predicted octanol–water partition coefficient (Wildman–Crippen LogP) is 4.70. The third kappa shape index (κ3) is 5.40. The van der Waals surface area contributed by atoms with E-state index in [0.29, 0.717) is 12.0 Å². The van der Waals surface area contributed by atoms with Crippen LogP contribution in [0.2, 0.25) is 0 Å². The molecule has 1 aromatic carbocycles. The lowest BCUT2D eigenvalue weighted by Gasteiger charge is -2.13. The van der Waals surface area contributed by atoms with Crippen LogP contribution >= 0.6 is 11.3 Å². The van der Waals surface area contributed by atoms with Gasteiger partial charge in [-0.1, -0.05) is 18.2 Å². The number of alkyl halides is 3. The van der Waals surface area contributed by atoms with Crippen molar-refractivity contribution in [2.45, 2.75) is 31.7 Å². The second kappa shape index (κ2) is 6.95. The van der Waals surface area contributed by atoms with Crippen LogP contribution in [0.3, 0.4) is 0 Å². The molecule has 0 saturated carbocycles. The molecule has 1 unspecified atom stereocenters. The number of ether oxygens (including phenoxy) is 1. The fourth-order valence-electron chi connectivity index (χ4n) is 2.01. The highest BCUT2D eigenvalue weighted by Crippen LogP contribution is 2.27. The van der Waals surface area contributed by atoms with Gasteiger partial charge in [-0.05, 0) is 48.4 Å². The number of thiophene rings is 1. The summed E-state index contributed by atoms with van der Waals surface area (Å²) in [5.74, 6) is -0.308. The summed E-state index contributed by atoms with van der Waals surface area (Å²) in [5, 5.41) is 12.0. The molecule has 1 aromatic heterocycles. The smallest absolute Gasteiger partial charge is 0.406 e. The zero-order valence-corrected chi connectivity index (χ0v) is 12.0. The molecule has 0 saturated heterocycles. The maximum Gasteiger partial charge on any atom is 0.573 e. The zero-order valence-electron chi connectivity index (χ0n) is 11.1. The molecule has 0 bridgehead atoms. The molecule has 0 radical (unpaired) electrons. The van der Waals surface area contributed by atoms with Crippen molar-refractivity contribution < 1.29 is 23.0 Å². The highest BCUT2D eigenvalue weighted by molar-refractivity contribution is 7.09. The fourth-order valence-corrected chi connectivity index (χ4v) is 2.76. The van der Waals surface area contributed by atoms with Crippen LogP contribution in [-0.2, 0) is 6.42 Å². The van der Waals surface area contributed by atoms with Gasteiger partial charge in [0.1, 0.15) is 5.75 Å². The van der Waals surface area contributed by atoms with E-state index in [1.165, 1.54) is 23.1 Å². The highest BCUT2D eigenvalue weighted by Gasteiger charge is 2.31. The summed E-state index contributed by atoms with van der Waals surface area (Å²) in [6, 6.07) is 9.47. The predicted molar refractivity (Wildman–Crippen MR) is 75.3 cm³/mol. The summed E-state index contributed by atoms with van der Waals surface area (Å²) in [7, 11) is 0. The molecule has 2 nitrogen and oxygen atoms in total. The quantitative estimate of drug-likeness (QED) is 0.837. The molecule has 0 spiro atoms. The van der Waals surface area contributed by atoms with Crippen LogP contribution in [0.5, 0.6) is 5.75 Å². The van der Waals surface area contributed by atoms with Crippen LogP contribution in [0.4, 0.5) is 13.2 Å². The first-order chi connectivity index (χ1) is 9.94. The van der Waals surface area contributed by atoms with Crippen molar-refractivity contribution in [1.82, 2.24) is 0 Å². The third-order valence-electron chi connectivity index (χ3n) is 2.96. The molecule has 6 heteroatoms. The molecule has 1 heterocycles. The van der Waals surface area contributed by atoms with E-state index in [2.05, 4.69) is 4.74 Å². The summed E-state index contributed by atoms with van der Waals surface area (Å²) in [4.78, 5) is 1.23. The third-order valence-corrected chi connectivity index (χ3v) is 3.89. The molecule has 0 aliphatic carbocycles. The topological polar surface area (TPSA) is 29.5 Å². The average molecular weight is 316 g/mol. The molecule has 2 rings (SSSR count). The van der Waals surface area contributed by atoms with Gasteiger partial charge in [-0.3, -0.25) is 0 Å². The number of aryl methyl sites for hydroxylation is 1. The van der Waals surface area contributed by atoms with Crippen LogP contribution in [-0.4, -0.2) is 11.5 Å². The molecule has 114 valence electrons. The standard InChI is InChI=1S/C15H15F3O2S/c16-15(17,18)20-12-5-1-4-11(10-12)14(19)8-2-6-13-7-3-9-21-13/h1,3-5,7,9-10,14,19H,2,6,8H2. The number of hydrogen-bond acceptors (Lipinski definition) is 3. The minimum Gasteiger partial charge on any atom is -0.406 e. The van der Waals surface area contributed by atoms with Gasteiger partial charge in [0, 0.05) is 4.88 Å². The molecule has 1 N–H and O–H groups in total. The van der Waals surface area contributed by atoms with E-state index < -0.39 is 12.5 Å². The number of aliphatic hydroxyl groups excluding tert-OH is 1. The molecular formula is C15H15F3O2S. The van der Waals surface area contributed by atoms with Gasteiger partial charge in [0.2, 0.25) is 0 Å². The van der Waals surface area contributed by atoms with Gasteiger partial charge in [-0.15, -0.1) is 24.5 Å². The Kier molecular flexibility index (Phi) is 5.25. The zero-order chi connectivity index (χ0) is 15.3. The van der Waals surface area contributed by atoms with Crippen LogP contribution in [0.15, 0.2) is 41.8 Å². The van der Waals surface area contributed by atoms with Crippen LogP contribution < -0.4 is 4.74 Å². The number of aliphatic hydroxyl groups is 1. The monoisotopic (exact) mass is 316 g/mol. The average Bonchev–Trinajstić information content (AvgIpc) is 2.90. The molecular weight excluding hydrogens is 301 g/mol. The Morgan fingerprint density at radius 1 is 1.19 bits per heavy atom. The van der Waals surface area contributed by atoms with Gasteiger partial charge in [0.05, 0.1) is 6.10 Å². The second-order valence-electron chi connectivity index (χ2n) is 4.61. The van der Waals surface area contributed by atoms with Gasteiger partial charge in [-0.2, -0.15) is 0 Å². The van der Waals surface area contributed by atoms with E-state index in [9.17, 15) is 18.3 Å². The van der Waals surface area contributed by atoms with Crippen molar-refractivity contribution in [3.8, 4) is 5.75 Å². The van der Waals surface area contributed by atoms with Crippen molar-refractivity contribution >= 4 is 11.3 Å². The Bertz CT molecular complexity index is 552. The van der Waals surface area contributed by atoms with E-state index in [0.717, 1.165) is 12.8 Å². The molecule has 1 atom stereocenters. The minimum atomic E-state index is -4.72. The summed E-state index contributed by atoms with van der Waals surface area (Å²) in [6.07, 6.45) is -3.39. The number of halogens is 3. The van der Waals surface area contributed by atoms with Crippen molar-refractivity contribution in [2.75, 3.05) is 0 Å². The van der Waals surface area contributed by atoms with Crippen LogP contribution in [0.1, 0.15) is 29.4 Å². The Morgan fingerprint density at radius 2 is 2.00 bits per heavy atom. The first kappa shape index (κ1) is 15.9. The van der Waals surface area contributed by atoms with Crippen molar-refractivity contribution in [1.29, 1.82) is 0 Å². The van der Waals surface area contributed by atoms with Crippen molar-refractivity contribution in [3.05, 3.63) is 52.2 Å².